The number of hydrogen-bond acceptors (Lipinski definition) is 2. The summed E-state index contributed by atoms with van der Waals surface area (Å²) in [4.78, 5) is 21.6. The Morgan fingerprint density at radius 2 is 2.20 bits per heavy atom. The van der Waals surface area contributed by atoms with Crippen molar-refractivity contribution in [3.05, 3.63) is 41.0 Å². The highest BCUT2D eigenvalue weighted by Crippen LogP contribution is 2.27. The zero-order chi connectivity index (χ0) is 10.8. The van der Waals surface area contributed by atoms with Crippen LogP contribution in [0.1, 0.15) is 27.9 Å². The molecule has 0 atom stereocenters. The van der Waals surface area contributed by atoms with Gasteiger partial charge in [0.05, 0.1) is 0 Å². The second-order valence-corrected chi connectivity index (χ2v) is 3.61. The molecule has 0 fully saturated rings. The van der Waals surface area contributed by atoms with Crippen LogP contribution in [0.5, 0.6) is 0 Å². The Morgan fingerprint density at radius 1 is 1.40 bits per heavy atom. The first-order valence-electron chi connectivity index (χ1n) is 4.47. The van der Waals surface area contributed by atoms with Crippen LogP contribution in [0.15, 0.2) is 24.3 Å². The lowest BCUT2D eigenvalue weighted by atomic mass is 9.92. The number of halogens is 1. The van der Waals surface area contributed by atoms with Crippen molar-refractivity contribution in [1.29, 1.82) is 0 Å². The molecule has 0 amide bonds. The van der Waals surface area contributed by atoms with Crippen LogP contribution >= 0.6 is 11.6 Å². The molecule has 0 radical (unpaired) electrons. The lowest BCUT2D eigenvalue weighted by Gasteiger charge is -2.11. The van der Waals surface area contributed by atoms with Crippen LogP contribution in [0.4, 0.5) is 0 Å². The molecule has 2 nitrogen and oxygen atoms in total. The molecule has 1 aliphatic carbocycles. The Hall–Kier alpha value is -1.63. The van der Waals surface area contributed by atoms with Crippen molar-refractivity contribution in [2.45, 2.75) is 6.42 Å². The third kappa shape index (κ3) is 1.78. The van der Waals surface area contributed by atoms with Crippen LogP contribution in [0, 0.1) is 0 Å². The van der Waals surface area contributed by atoms with Gasteiger partial charge < -0.3 is 0 Å². The van der Waals surface area contributed by atoms with Crippen molar-refractivity contribution in [1.82, 2.24) is 0 Å². The zero-order valence-corrected chi connectivity index (χ0v) is 8.54. The van der Waals surface area contributed by atoms with Gasteiger partial charge in [-0.15, -0.1) is 0 Å². The van der Waals surface area contributed by atoms with Crippen molar-refractivity contribution in [2.75, 3.05) is 0 Å². The van der Waals surface area contributed by atoms with Gasteiger partial charge in [0.1, 0.15) is 5.94 Å². The summed E-state index contributed by atoms with van der Waals surface area (Å²) in [5.74, 6) is 1.91. The minimum absolute atomic E-state index is 0.437. The number of rotatable bonds is 1. The highest BCUT2D eigenvalue weighted by atomic mass is 35.5. The maximum Gasteiger partial charge on any atom is 0.252 e. The number of allylic oxidation sites excluding steroid dienone is 2. The van der Waals surface area contributed by atoms with E-state index in [0.717, 1.165) is 11.1 Å². The van der Waals surface area contributed by atoms with Gasteiger partial charge in [0, 0.05) is 17.6 Å². The van der Waals surface area contributed by atoms with E-state index in [-0.39, 0.29) is 0 Å². The zero-order valence-electron chi connectivity index (χ0n) is 7.79. The van der Waals surface area contributed by atoms with Crippen molar-refractivity contribution >= 4 is 34.4 Å². The summed E-state index contributed by atoms with van der Waals surface area (Å²) in [7, 11) is 0. The van der Waals surface area contributed by atoms with Gasteiger partial charge in [0.15, 0.2) is 0 Å². The van der Waals surface area contributed by atoms with Crippen LogP contribution in [0.25, 0.3) is 11.6 Å². The molecule has 0 bridgehead atoms. The van der Waals surface area contributed by atoms with E-state index in [1.54, 1.807) is 18.2 Å². The normalized spacial score (nSPS) is 13.3. The number of carbonyl (C=O) groups excluding carboxylic acids is 2. The number of hydrogen-bond donors (Lipinski definition) is 0. The third-order valence-corrected chi connectivity index (χ3v) is 2.56. The molecule has 0 aliphatic heterocycles. The van der Waals surface area contributed by atoms with Crippen molar-refractivity contribution in [3.8, 4) is 0 Å². The highest BCUT2D eigenvalue weighted by Gasteiger charge is 2.12. The largest absolute Gasteiger partial charge is 0.276 e. The molecule has 15 heavy (non-hydrogen) atoms. The molecule has 0 unspecified atom stereocenters. The van der Waals surface area contributed by atoms with Gasteiger partial charge in [-0.25, -0.2) is 4.79 Å². The van der Waals surface area contributed by atoms with E-state index in [1.807, 2.05) is 18.1 Å². The second-order valence-electron chi connectivity index (χ2n) is 3.26. The molecule has 74 valence electrons. The van der Waals surface area contributed by atoms with E-state index in [4.69, 9.17) is 11.6 Å². The Morgan fingerprint density at radius 3 is 2.87 bits per heavy atom. The van der Waals surface area contributed by atoms with Crippen LogP contribution in [0.2, 0.25) is 0 Å². The number of carbonyl (C=O) groups is 1. The summed E-state index contributed by atoms with van der Waals surface area (Å²) >= 11 is 5.37. The minimum atomic E-state index is -0.492. The molecule has 3 heteroatoms. The molecule has 0 aromatic heterocycles. The first kappa shape index (κ1) is 9.91. The Balaban J connectivity index is 2.60. The van der Waals surface area contributed by atoms with E-state index in [0.29, 0.717) is 17.6 Å². The average molecular weight is 219 g/mol. The molecule has 1 aliphatic rings. The standard InChI is InChI=1S/C12H7ClO2/c13-12(15)9-4-5-11-8(6-9)2-1-3-10(11)7-14/h1-2,4-6H,3H2. The molecule has 0 saturated heterocycles. The molecule has 0 saturated carbocycles. The maximum absolute atomic E-state index is 10.9. The monoisotopic (exact) mass is 218 g/mol. The minimum Gasteiger partial charge on any atom is -0.276 e. The summed E-state index contributed by atoms with van der Waals surface area (Å²) in [6.45, 7) is 0. The van der Waals surface area contributed by atoms with Crippen LogP contribution in [-0.2, 0) is 4.79 Å². The summed E-state index contributed by atoms with van der Waals surface area (Å²) < 4.78 is 0. The Labute approximate surface area is 91.9 Å². The van der Waals surface area contributed by atoms with Crippen molar-refractivity contribution in [2.24, 2.45) is 0 Å². The van der Waals surface area contributed by atoms with E-state index in [9.17, 15) is 9.59 Å². The van der Waals surface area contributed by atoms with Gasteiger partial charge in [-0.1, -0.05) is 18.2 Å². The quantitative estimate of drug-likeness (QED) is 0.537. The van der Waals surface area contributed by atoms with Crippen molar-refractivity contribution < 1.29 is 9.59 Å². The summed E-state index contributed by atoms with van der Waals surface area (Å²) in [5, 5.41) is -0.492. The van der Waals surface area contributed by atoms with Gasteiger partial charge >= 0.3 is 0 Å². The summed E-state index contributed by atoms with van der Waals surface area (Å²) in [6, 6.07) is 5.02. The van der Waals surface area contributed by atoms with Crippen LogP contribution in [0.3, 0.4) is 0 Å². The van der Waals surface area contributed by atoms with E-state index < -0.39 is 5.24 Å². The third-order valence-electron chi connectivity index (χ3n) is 2.35. The fourth-order valence-electron chi connectivity index (χ4n) is 1.61. The van der Waals surface area contributed by atoms with Crippen LogP contribution < -0.4 is 0 Å². The first-order valence-corrected chi connectivity index (χ1v) is 4.85. The number of fused-ring (bicyclic) bond motifs is 1. The summed E-state index contributed by atoms with van der Waals surface area (Å²) in [5.41, 5.74) is 2.72. The van der Waals surface area contributed by atoms with Gasteiger partial charge in [0.2, 0.25) is 0 Å². The molecule has 1 aromatic rings. The van der Waals surface area contributed by atoms with Gasteiger partial charge in [-0.05, 0) is 34.9 Å². The lowest BCUT2D eigenvalue weighted by Crippen LogP contribution is -1.97. The maximum atomic E-state index is 10.9. The molecule has 1 aromatic carbocycles. The van der Waals surface area contributed by atoms with Gasteiger partial charge in [-0.3, -0.25) is 4.79 Å². The van der Waals surface area contributed by atoms with E-state index in [2.05, 4.69) is 0 Å². The van der Waals surface area contributed by atoms with Crippen molar-refractivity contribution in [3.63, 3.8) is 0 Å². The first-order chi connectivity index (χ1) is 7.22. The fraction of sp³-hybridized carbons (Fsp3) is 0.0833. The molecule has 0 N–H and O–H groups in total. The van der Waals surface area contributed by atoms with E-state index >= 15 is 0 Å². The number of benzene rings is 1. The lowest BCUT2D eigenvalue weighted by molar-refractivity contribution is 0.108. The van der Waals surface area contributed by atoms with Gasteiger partial charge in [0.25, 0.3) is 5.24 Å². The molecule has 2 rings (SSSR count). The van der Waals surface area contributed by atoms with Gasteiger partial charge in [-0.2, -0.15) is 0 Å². The summed E-state index contributed by atoms with van der Waals surface area (Å²) in [6.07, 6.45) is 4.33. The van der Waals surface area contributed by atoms with E-state index in [1.165, 1.54) is 0 Å². The van der Waals surface area contributed by atoms with Crippen LogP contribution in [-0.4, -0.2) is 11.2 Å². The smallest absolute Gasteiger partial charge is 0.252 e. The molecular weight excluding hydrogens is 212 g/mol. The topological polar surface area (TPSA) is 34.1 Å². The Kier molecular flexibility index (Phi) is 2.55. The fourth-order valence-corrected chi connectivity index (χ4v) is 1.73. The Bertz CT molecular complexity index is 508. The molecule has 0 heterocycles. The average Bonchev–Trinajstić information content (AvgIpc) is 2.27. The SMILES string of the molecule is O=C=C1CC=Cc2cc(C(=O)Cl)ccc21. The highest BCUT2D eigenvalue weighted by molar-refractivity contribution is 6.67. The molecular formula is C12H7ClO2. The predicted molar refractivity (Wildman–Crippen MR) is 59.4 cm³/mol. The predicted octanol–water partition coefficient (Wildman–Crippen LogP) is 2.70. The molecule has 0 spiro atoms. The second kappa shape index (κ2) is 3.85.